The maximum Gasteiger partial charge on any atom is 0.348 e. The van der Waals surface area contributed by atoms with Crippen LogP contribution in [0.25, 0.3) is 10.9 Å². The molecule has 1 unspecified atom stereocenters. The first-order chi connectivity index (χ1) is 13.3. The Hall–Kier alpha value is -2.12. The van der Waals surface area contributed by atoms with Crippen molar-refractivity contribution in [3.8, 4) is 11.8 Å². The summed E-state index contributed by atoms with van der Waals surface area (Å²) in [6, 6.07) is 5.39. The number of aromatic nitrogens is 2. The smallest absolute Gasteiger partial charge is 0.348 e. The third kappa shape index (κ3) is 5.02. The number of nitrogens with zero attached hydrogens (tertiary/aromatic N) is 2. The maximum absolute atomic E-state index is 12.8. The molecule has 1 fully saturated rings. The Labute approximate surface area is 169 Å². The standard InChI is InChI=1S/C20H26ClN3O4/c1-20(2,3)28-18(25)16(12-7-9-22-10-8-12)27-19-23-15-11-13(26-4)5-6-14(15)17(21)24-19/h5-6,11-12,16,22H,7-10H2,1-4H3. The molecule has 2 aromatic rings. The number of hydrogen-bond donors (Lipinski definition) is 1. The van der Waals surface area contributed by atoms with Gasteiger partial charge < -0.3 is 19.5 Å². The van der Waals surface area contributed by atoms with Crippen LogP contribution >= 0.6 is 11.6 Å². The summed E-state index contributed by atoms with van der Waals surface area (Å²) in [5.41, 5.74) is -0.0245. The van der Waals surface area contributed by atoms with Crippen molar-refractivity contribution in [2.75, 3.05) is 20.2 Å². The van der Waals surface area contributed by atoms with Crippen LogP contribution in [0.1, 0.15) is 33.6 Å². The quantitative estimate of drug-likeness (QED) is 0.600. The zero-order valence-corrected chi connectivity index (χ0v) is 17.4. The predicted octanol–water partition coefficient (Wildman–Crippen LogP) is 3.38. The molecule has 3 rings (SSSR count). The van der Waals surface area contributed by atoms with Gasteiger partial charge in [0.2, 0.25) is 6.10 Å². The lowest BCUT2D eigenvalue weighted by atomic mass is 9.92. The molecule has 152 valence electrons. The van der Waals surface area contributed by atoms with Crippen LogP contribution in [-0.4, -0.2) is 47.8 Å². The first kappa shape index (κ1) is 20.6. The summed E-state index contributed by atoms with van der Waals surface area (Å²) < 4.78 is 16.8. The van der Waals surface area contributed by atoms with E-state index < -0.39 is 17.7 Å². The van der Waals surface area contributed by atoms with E-state index in [0.29, 0.717) is 16.7 Å². The lowest BCUT2D eigenvalue weighted by molar-refractivity contribution is -0.167. The molecule has 1 saturated heterocycles. The molecule has 1 aliphatic rings. The molecule has 1 aromatic heterocycles. The number of carbonyl (C=O) groups excluding carboxylic acids is 1. The highest BCUT2D eigenvalue weighted by Gasteiger charge is 2.35. The number of fused-ring (bicyclic) bond motifs is 1. The van der Waals surface area contributed by atoms with Crippen LogP contribution in [0.15, 0.2) is 18.2 Å². The van der Waals surface area contributed by atoms with E-state index in [9.17, 15) is 4.79 Å². The summed E-state index contributed by atoms with van der Waals surface area (Å²) in [7, 11) is 1.58. The second kappa shape index (κ2) is 8.49. The number of nitrogens with one attached hydrogen (secondary N) is 1. The molecule has 2 heterocycles. The number of rotatable bonds is 5. The number of benzene rings is 1. The SMILES string of the molecule is COc1ccc2c(Cl)nc(OC(C(=O)OC(C)(C)C)C3CCNCC3)nc2c1. The van der Waals surface area contributed by atoms with Gasteiger partial charge in [0, 0.05) is 17.4 Å². The monoisotopic (exact) mass is 407 g/mol. The van der Waals surface area contributed by atoms with Crippen LogP contribution in [0.4, 0.5) is 0 Å². The van der Waals surface area contributed by atoms with Crippen LogP contribution in [-0.2, 0) is 9.53 Å². The molecule has 0 aliphatic carbocycles. The Morgan fingerprint density at radius 3 is 2.61 bits per heavy atom. The first-order valence-electron chi connectivity index (χ1n) is 9.38. The number of esters is 1. The zero-order valence-electron chi connectivity index (χ0n) is 16.6. The van der Waals surface area contributed by atoms with Gasteiger partial charge in [0.25, 0.3) is 0 Å². The summed E-state index contributed by atoms with van der Waals surface area (Å²) in [6.07, 6.45) is 0.818. The van der Waals surface area contributed by atoms with Crippen molar-refractivity contribution in [3.63, 3.8) is 0 Å². The second-order valence-electron chi connectivity index (χ2n) is 7.84. The fourth-order valence-corrected chi connectivity index (χ4v) is 3.42. The van der Waals surface area contributed by atoms with Gasteiger partial charge in [-0.3, -0.25) is 0 Å². The van der Waals surface area contributed by atoms with Crippen LogP contribution in [0, 0.1) is 5.92 Å². The van der Waals surface area contributed by atoms with Crippen molar-refractivity contribution in [1.82, 2.24) is 15.3 Å². The number of piperidine rings is 1. The fourth-order valence-electron chi connectivity index (χ4n) is 3.19. The van der Waals surface area contributed by atoms with E-state index in [1.54, 1.807) is 25.3 Å². The number of methoxy groups -OCH3 is 1. The summed E-state index contributed by atoms with van der Waals surface area (Å²) >= 11 is 6.31. The molecule has 1 aliphatic heterocycles. The third-order valence-corrected chi connectivity index (χ3v) is 4.81. The molecule has 0 amide bonds. The van der Waals surface area contributed by atoms with Gasteiger partial charge in [0.05, 0.1) is 12.6 Å². The van der Waals surface area contributed by atoms with Gasteiger partial charge in [-0.2, -0.15) is 9.97 Å². The van der Waals surface area contributed by atoms with E-state index in [1.807, 2.05) is 20.8 Å². The Morgan fingerprint density at radius 2 is 1.96 bits per heavy atom. The van der Waals surface area contributed by atoms with Gasteiger partial charge in [0.15, 0.2) is 0 Å². The van der Waals surface area contributed by atoms with Crippen LogP contribution in [0.2, 0.25) is 5.15 Å². The second-order valence-corrected chi connectivity index (χ2v) is 8.20. The highest BCUT2D eigenvalue weighted by atomic mass is 35.5. The highest BCUT2D eigenvalue weighted by Crippen LogP contribution is 2.28. The minimum Gasteiger partial charge on any atom is -0.497 e. The molecule has 0 bridgehead atoms. The van der Waals surface area contributed by atoms with Crippen molar-refractivity contribution in [1.29, 1.82) is 0 Å². The van der Waals surface area contributed by atoms with Crippen molar-refractivity contribution in [2.45, 2.75) is 45.3 Å². The zero-order chi connectivity index (χ0) is 20.3. The molecule has 0 spiro atoms. The van der Waals surface area contributed by atoms with Crippen LogP contribution in [0.5, 0.6) is 11.8 Å². The van der Waals surface area contributed by atoms with Gasteiger partial charge in [-0.05, 0) is 58.8 Å². The molecule has 1 atom stereocenters. The highest BCUT2D eigenvalue weighted by molar-refractivity contribution is 6.34. The Morgan fingerprint density at radius 1 is 1.25 bits per heavy atom. The topological polar surface area (TPSA) is 82.6 Å². The van der Waals surface area contributed by atoms with Crippen molar-refractivity contribution >= 4 is 28.5 Å². The summed E-state index contributed by atoms with van der Waals surface area (Å²) in [6.45, 7) is 7.15. The Bertz CT molecular complexity index is 847. The predicted molar refractivity (Wildman–Crippen MR) is 107 cm³/mol. The number of ether oxygens (including phenoxy) is 3. The summed E-state index contributed by atoms with van der Waals surface area (Å²) in [5, 5.41) is 4.24. The van der Waals surface area contributed by atoms with Gasteiger partial charge in [-0.15, -0.1) is 0 Å². The molecular weight excluding hydrogens is 382 g/mol. The maximum atomic E-state index is 12.8. The molecule has 1 N–H and O–H groups in total. The molecule has 1 aromatic carbocycles. The first-order valence-corrected chi connectivity index (χ1v) is 9.76. The van der Waals surface area contributed by atoms with Crippen molar-refractivity contribution in [2.24, 2.45) is 5.92 Å². The third-order valence-electron chi connectivity index (χ3n) is 4.52. The number of hydrogen-bond acceptors (Lipinski definition) is 7. The van der Waals surface area contributed by atoms with Gasteiger partial charge in [-0.1, -0.05) is 11.6 Å². The molecular formula is C20H26ClN3O4. The number of carbonyl (C=O) groups is 1. The van der Waals surface area contributed by atoms with Crippen molar-refractivity contribution in [3.05, 3.63) is 23.4 Å². The largest absolute Gasteiger partial charge is 0.497 e. The molecule has 28 heavy (non-hydrogen) atoms. The minimum atomic E-state index is -0.791. The van der Waals surface area contributed by atoms with Gasteiger partial charge in [0.1, 0.15) is 16.5 Å². The lowest BCUT2D eigenvalue weighted by Crippen LogP contribution is -2.44. The van der Waals surface area contributed by atoms with E-state index >= 15 is 0 Å². The average Bonchev–Trinajstić information content (AvgIpc) is 2.65. The van der Waals surface area contributed by atoms with E-state index in [4.69, 9.17) is 25.8 Å². The van der Waals surface area contributed by atoms with E-state index in [-0.39, 0.29) is 17.1 Å². The van der Waals surface area contributed by atoms with Gasteiger partial charge >= 0.3 is 12.0 Å². The summed E-state index contributed by atoms with van der Waals surface area (Å²) in [5.74, 6) is 0.250. The Kier molecular flexibility index (Phi) is 6.25. The lowest BCUT2D eigenvalue weighted by Gasteiger charge is -2.31. The minimum absolute atomic E-state index is 0.0134. The molecule has 7 nitrogen and oxygen atoms in total. The van der Waals surface area contributed by atoms with E-state index in [0.717, 1.165) is 25.9 Å². The average molecular weight is 408 g/mol. The Balaban J connectivity index is 1.91. The summed E-state index contributed by atoms with van der Waals surface area (Å²) in [4.78, 5) is 21.5. The van der Waals surface area contributed by atoms with E-state index in [1.165, 1.54) is 0 Å². The molecule has 8 heteroatoms. The molecule has 0 radical (unpaired) electrons. The van der Waals surface area contributed by atoms with Crippen molar-refractivity contribution < 1.29 is 19.0 Å². The normalized spacial score (nSPS) is 16.6. The van der Waals surface area contributed by atoms with Gasteiger partial charge in [-0.25, -0.2) is 4.79 Å². The van der Waals surface area contributed by atoms with E-state index in [2.05, 4.69) is 15.3 Å². The van der Waals surface area contributed by atoms with Crippen LogP contribution < -0.4 is 14.8 Å². The fraction of sp³-hybridized carbons (Fsp3) is 0.550. The molecule has 0 saturated carbocycles. The van der Waals surface area contributed by atoms with Crippen LogP contribution in [0.3, 0.4) is 0 Å². The number of halogens is 1.